The summed E-state index contributed by atoms with van der Waals surface area (Å²) in [6.07, 6.45) is 1.03. The summed E-state index contributed by atoms with van der Waals surface area (Å²) in [5, 5.41) is 13.6. The Bertz CT molecular complexity index is 1530. The van der Waals surface area contributed by atoms with Gasteiger partial charge in [-0.05, 0) is 41.5 Å². The fraction of sp³-hybridized carbons (Fsp3) is 0.0833. The van der Waals surface area contributed by atoms with E-state index in [4.69, 9.17) is 17.3 Å². The van der Waals surface area contributed by atoms with E-state index in [-0.39, 0.29) is 29.6 Å². The van der Waals surface area contributed by atoms with Crippen molar-refractivity contribution in [2.75, 3.05) is 5.73 Å². The number of para-hydroxylation sites is 1. The Morgan fingerprint density at radius 2 is 1.80 bits per heavy atom. The molecule has 0 aliphatic carbocycles. The van der Waals surface area contributed by atoms with Gasteiger partial charge in [-0.1, -0.05) is 41.9 Å². The van der Waals surface area contributed by atoms with Crippen LogP contribution in [0.25, 0.3) is 10.9 Å². The minimum absolute atomic E-state index is 0.119. The second-order valence-corrected chi connectivity index (χ2v) is 9.86. The Labute approximate surface area is 205 Å². The highest BCUT2D eigenvalue weighted by Crippen LogP contribution is 2.31. The average Bonchev–Trinajstić information content (AvgIpc) is 2.83. The van der Waals surface area contributed by atoms with Crippen molar-refractivity contribution < 1.29 is 22.7 Å². The van der Waals surface area contributed by atoms with Gasteiger partial charge in [-0.25, -0.2) is 17.5 Å². The van der Waals surface area contributed by atoms with Crippen molar-refractivity contribution in [2.45, 2.75) is 18.0 Å². The number of fused-ring (bicyclic) bond motifs is 1. The molecule has 0 fully saturated rings. The number of hydrogen-bond donors (Lipinski definition) is 4. The van der Waals surface area contributed by atoms with Gasteiger partial charge in [-0.3, -0.25) is 9.78 Å². The number of aromatic nitrogens is 1. The van der Waals surface area contributed by atoms with Crippen LogP contribution in [0.2, 0.25) is 5.02 Å². The maximum Gasteiger partial charge on any atom is 0.256 e. The van der Waals surface area contributed by atoms with Gasteiger partial charge in [0.15, 0.2) is 5.82 Å². The molecule has 0 aliphatic rings. The Hall–Kier alpha value is -3.73. The highest BCUT2D eigenvalue weighted by atomic mass is 35.5. The van der Waals surface area contributed by atoms with Crippen LogP contribution in [0.5, 0.6) is 5.75 Å². The topological polar surface area (TPSA) is 134 Å². The summed E-state index contributed by atoms with van der Waals surface area (Å²) in [5.41, 5.74) is 7.04. The van der Waals surface area contributed by atoms with Crippen molar-refractivity contribution in [3.63, 3.8) is 0 Å². The molecule has 180 valence electrons. The maximum atomic E-state index is 14.7. The summed E-state index contributed by atoms with van der Waals surface area (Å²) < 4.78 is 42.7. The van der Waals surface area contributed by atoms with Crippen molar-refractivity contribution in [3.05, 3.63) is 94.4 Å². The van der Waals surface area contributed by atoms with E-state index in [0.29, 0.717) is 16.3 Å². The van der Waals surface area contributed by atoms with E-state index in [9.17, 15) is 22.7 Å². The zero-order valence-corrected chi connectivity index (χ0v) is 19.7. The van der Waals surface area contributed by atoms with Crippen molar-refractivity contribution in [2.24, 2.45) is 0 Å². The molecule has 0 unspecified atom stereocenters. The lowest BCUT2D eigenvalue weighted by atomic mass is 10.1. The quantitative estimate of drug-likeness (QED) is 0.278. The number of aromatic hydroxyl groups is 1. The number of benzene rings is 3. The number of amides is 1. The lowest BCUT2D eigenvalue weighted by Gasteiger charge is -2.12. The normalized spacial score (nSPS) is 11.5. The van der Waals surface area contributed by atoms with Gasteiger partial charge in [0.05, 0.1) is 4.90 Å². The van der Waals surface area contributed by atoms with Crippen molar-refractivity contribution in [1.29, 1.82) is 0 Å². The van der Waals surface area contributed by atoms with Crippen LogP contribution in [0.15, 0.2) is 71.8 Å². The number of hydrogen-bond acceptors (Lipinski definition) is 6. The summed E-state index contributed by atoms with van der Waals surface area (Å²) in [6.45, 7) is 0.0227. The largest absolute Gasteiger partial charge is 0.506 e. The summed E-state index contributed by atoms with van der Waals surface area (Å²) in [7, 11) is -4.18. The van der Waals surface area contributed by atoms with Crippen molar-refractivity contribution in [3.8, 4) is 5.75 Å². The molecule has 11 heteroatoms. The van der Waals surface area contributed by atoms with Crippen LogP contribution in [0.3, 0.4) is 0 Å². The van der Waals surface area contributed by atoms with Crippen LogP contribution < -0.4 is 15.8 Å². The molecule has 0 spiro atoms. The first-order chi connectivity index (χ1) is 16.7. The Morgan fingerprint density at radius 1 is 1.09 bits per heavy atom. The van der Waals surface area contributed by atoms with Crippen LogP contribution in [0.4, 0.5) is 10.1 Å². The lowest BCUT2D eigenvalue weighted by molar-refractivity contribution is 0.0948. The van der Waals surface area contributed by atoms with E-state index >= 15 is 0 Å². The number of pyridine rings is 1. The fourth-order valence-electron chi connectivity index (χ4n) is 3.37. The minimum atomic E-state index is -4.18. The molecule has 8 nitrogen and oxygen atoms in total. The van der Waals surface area contributed by atoms with Gasteiger partial charge in [0.2, 0.25) is 10.0 Å². The third kappa shape index (κ3) is 5.35. The van der Waals surface area contributed by atoms with E-state index in [0.717, 1.165) is 23.9 Å². The molecule has 1 amide bonds. The molecule has 0 saturated heterocycles. The molecule has 0 aliphatic heterocycles. The smallest absolute Gasteiger partial charge is 0.256 e. The van der Waals surface area contributed by atoms with Crippen molar-refractivity contribution >= 4 is 44.1 Å². The fourth-order valence-corrected chi connectivity index (χ4v) is 4.54. The number of rotatable bonds is 7. The van der Waals surface area contributed by atoms with Gasteiger partial charge in [-0.2, -0.15) is 0 Å². The first-order valence-electron chi connectivity index (χ1n) is 10.3. The minimum Gasteiger partial charge on any atom is -0.506 e. The molecule has 0 bridgehead atoms. The maximum absolute atomic E-state index is 14.7. The van der Waals surface area contributed by atoms with E-state index in [1.54, 1.807) is 48.5 Å². The van der Waals surface area contributed by atoms with Gasteiger partial charge in [-0.15, -0.1) is 0 Å². The number of sulfonamides is 1. The van der Waals surface area contributed by atoms with Crippen LogP contribution in [-0.2, 0) is 23.1 Å². The zero-order valence-electron chi connectivity index (χ0n) is 18.1. The van der Waals surface area contributed by atoms with Gasteiger partial charge >= 0.3 is 0 Å². The van der Waals surface area contributed by atoms with Gasteiger partial charge in [0, 0.05) is 35.4 Å². The highest BCUT2D eigenvalue weighted by Gasteiger charge is 2.22. The number of nitrogens with one attached hydrogen (secondary N) is 2. The summed E-state index contributed by atoms with van der Waals surface area (Å²) in [4.78, 5) is 16.1. The molecule has 3 aromatic carbocycles. The predicted molar refractivity (Wildman–Crippen MR) is 131 cm³/mol. The molecule has 4 aromatic rings. The monoisotopic (exact) mass is 514 g/mol. The van der Waals surface area contributed by atoms with E-state index < -0.39 is 32.4 Å². The average molecular weight is 515 g/mol. The Kier molecular flexibility index (Phi) is 6.88. The highest BCUT2D eigenvalue weighted by molar-refractivity contribution is 7.89. The number of carbonyl (C=O) groups excluding carboxylic acids is 1. The first kappa shape index (κ1) is 24.4. The molecule has 0 atom stereocenters. The SMILES string of the molecule is Nc1ccccc1CNS(=O)(=O)c1cc(F)c2ncc(C(=O)NCc3ccc(Cl)cc3)c(O)c2c1. The number of carbonyl (C=O) groups is 1. The van der Waals surface area contributed by atoms with Gasteiger partial charge in [0.1, 0.15) is 16.8 Å². The Balaban J connectivity index is 1.61. The second-order valence-electron chi connectivity index (χ2n) is 7.65. The van der Waals surface area contributed by atoms with Crippen molar-refractivity contribution in [1.82, 2.24) is 15.0 Å². The number of halogens is 2. The standard InChI is InChI=1S/C24H20ClFN4O4S/c25-16-7-5-14(6-8-16)11-29-24(32)19-13-28-22-18(23(19)31)9-17(10-20(22)26)35(33,34)30-12-15-3-1-2-4-21(15)27/h1-10,13,30H,11-12,27H2,(H,28,31)(H,29,32). The molecule has 0 radical (unpaired) electrons. The van der Waals surface area contributed by atoms with E-state index in [1.165, 1.54) is 0 Å². The first-order valence-corrected chi connectivity index (χ1v) is 12.2. The zero-order chi connectivity index (χ0) is 25.2. The summed E-state index contributed by atoms with van der Waals surface area (Å²) in [6, 6.07) is 15.4. The van der Waals surface area contributed by atoms with Gasteiger partial charge < -0.3 is 16.2 Å². The number of nitrogens with zero attached hydrogens (tertiary/aromatic N) is 1. The summed E-state index contributed by atoms with van der Waals surface area (Å²) in [5.74, 6) is -2.23. The van der Waals surface area contributed by atoms with Crippen LogP contribution in [-0.4, -0.2) is 24.4 Å². The third-order valence-electron chi connectivity index (χ3n) is 5.30. The molecule has 0 saturated carbocycles. The van der Waals surface area contributed by atoms with E-state index in [1.807, 2.05) is 0 Å². The number of nitrogens with two attached hydrogens (primary N) is 1. The molecular formula is C24H20ClFN4O4S. The molecule has 5 N–H and O–H groups in total. The molecule has 4 rings (SSSR count). The third-order valence-corrected chi connectivity index (χ3v) is 6.93. The van der Waals surface area contributed by atoms with Gasteiger partial charge in [0.25, 0.3) is 5.91 Å². The molecule has 1 heterocycles. The number of nitrogen functional groups attached to an aromatic ring is 1. The van der Waals surface area contributed by atoms with Crippen LogP contribution in [0, 0.1) is 5.82 Å². The summed E-state index contributed by atoms with van der Waals surface area (Å²) >= 11 is 5.85. The second kappa shape index (κ2) is 9.87. The molecular weight excluding hydrogens is 495 g/mol. The van der Waals surface area contributed by atoms with Crippen LogP contribution in [0.1, 0.15) is 21.5 Å². The molecule has 35 heavy (non-hydrogen) atoms. The molecule has 1 aromatic heterocycles. The van der Waals surface area contributed by atoms with Crippen LogP contribution >= 0.6 is 11.6 Å². The lowest BCUT2D eigenvalue weighted by Crippen LogP contribution is -2.24. The number of anilines is 1. The predicted octanol–water partition coefficient (Wildman–Crippen LogP) is 3.72. The Morgan fingerprint density at radius 3 is 2.51 bits per heavy atom. The van der Waals surface area contributed by atoms with E-state index in [2.05, 4.69) is 15.0 Å².